The van der Waals surface area contributed by atoms with Gasteiger partial charge in [0.1, 0.15) is 0 Å². The molecule has 20 heavy (non-hydrogen) atoms. The van der Waals surface area contributed by atoms with Gasteiger partial charge >= 0.3 is 0 Å². The molecule has 0 radical (unpaired) electrons. The fraction of sp³-hybridized carbons (Fsp3) is 0.533. The topological polar surface area (TPSA) is 70.4 Å². The molecule has 0 bridgehead atoms. The van der Waals surface area contributed by atoms with Crippen molar-refractivity contribution in [3.8, 4) is 0 Å². The summed E-state index contributed by atoms with van der Waals surface area (Å²) in [6, 6.07) is 6.54. The predicted molar refractivity (Wildman–Crippen MR) is 81.6 cm³/mol. The van der Waals surface area contributed by atoms with E-state index in [1.165, 1.54) is 12.8 Å². The standard InChI is InChI=1S/C15H24N4O/c1-10-8-12(18-16)4-7-14(10)15(20)17-9-11(2)19(3)13-5-6-13/h4,7-8,11,13,18H,5-6,9,16H2,1-3H3,(H,17,20). The molecule has 0 aromatic heterocycles. The molecule has 0 saturated heterocycles. The first-order valence-electron chi connectivity index (χ1n) is 7.10. The van der Waals surface area contributed by atoms with Crippen molar-refractivity contribution >= 4 is 11.6 Å². The Morgan fingerprint density at radius 3 is 2.75 bits per heavy atom. The van der Waals surface area contributed by atoms with Crippen LogP contribution in [0.2, 0.25) is 0 Å². The number of hydrazine groups is 1. The third-order valence-electron chi connectivity index (χ3n) is 4.01. The van der Waals surface area contributed by atoms with Gasteiger partial charge in [-0.15, -0.1) is 0 Å². The molecule has 1 fully saturated rings. The maximum Gasteiger partial charge on any atom is 0.251 e. The number of amides is 1. The fourth-order valence-corrected chi connectivity index (χ4v) is 2.33. The minimum atomic E-state index is -0.0258. The SMILES string of the molecule is Cc1cc(NN)ccc1C(=O)NCC(C)N(C)C1CC1. The highest BCUT2D eigenvalue weighted by Crippen LogP contribution is 2.26. The Bertz CT molecular complexity index is 485. The lowest BCUT2D eigenvalue weighted by Gasteiger charge is -2.24. The number of rotatable bonds is 6. The Balaban J connectivity index is 1.91. The summed E-state index contributed by atoms with van der Waals surface area (Å²) >= 11 is 0. The lowest BCUT2D eigenvalue weighted by molar-refractivity contribution is 0.0939. The molecule has 1 unspecified atom stereocenters. The summed E-state index contributed by atoms with van der Waals surface area (Å²) in [5, 5.41) is 3.01. The molecule has 1 saturated carbocycles. The van der Waals surface area contributed by atoms with Gasteiger partial charge < -0.3 is 10.7 Å². The summed E-state index contributed by atoms with van der Waals surface area (Å²) in [6.07, 6.45) is 2.56. The van der Waals surface area contributed by atoms with Gasteiger partial charge in [0, 0.05) is 29.9 Å². The van der Waals surface area contributed by atoms with E-state index in [-0.39, 0.29) is 5.91 Å². The molecule has 1 atom stereocenters. The molecule has 2 rings (SSSR count). The minimum absolute atomic E-state index is 0.0258. The third kappa shape index (κ3) is 3.49. The van der Waals surface area contributed by atoms with E-state index in [1.807, 2.05) is 19.1 Å². The number of anilines is 1. The molecule has 1 aromatic carbocycles. The second-order valence-electron chi connectivity index (χ2n) is 5.63. The lowest BCUT2D eigenvalue weighted by atomic mass is 10.1. The van der Waals surface area contributed by atoms with Crippen LogP contribution in [-0.2, 0) is 0 Å². The van der Waals surface area contributed by atoms with Gasteiger partial charge in [-0.2, -0.15) is 0 Å². The zero-order chi connectivity index (χ0) is 14.7. The second kappa shape index (κ2) is 6.24. The summed E-state index contributed by atoms with van der Waals surface area (Å²) in [7, 11) is 2.13. The number of hydrogen-bond donors (Lipinski definition) is 3. The van der Waals surface area contributed by atoms with E-state index in [0.29, 0.717) is 24.2 Å². The van der Waals surface area contributed by atoms with Crippen molar-refractivity contribution < 1.29 is 4.79 Å². The van der Waals surface area contributed by atoms with Crippen LogP contribution in [0.4, 0.5) is 5.69 Å². The van der Waals surface area contributed by atoms with Crippen molar-refractivity contribution in [1.29, 1.82) is 0 Å². The van der Waals surface area contributed by atoms with Crippen molar-refractivity contribution in [1.82, 2.24) is 10.2 Å². The number of nitrogen functional groups attached to an aromatic ring is 1. The van der Waals surface area contributed by atoms with Gasteiger partial charge in [-0.1, -0.05) is 0 Å². The van der Waals surface area contributed by atoms with Crippen LogP contribution < -0.4 is 16.6 Å². The molecular formula is C15H24N4O. The van der Waals surface area contributed by atoms with Gasteiger partial charge in [0.15, 0.2) is 0 Å². The van der Waals surface area contributed by atoms with E-state index in [0.717, 1.165) is 11.3 Å². The normalized spacial score (nSPS) is 16.1. The Hall–Kier alpha value is -1.59. The van der Waals surface area contributed by atoms with Gasteiger partial charge in [0.05, 0.1) is 0 Å². The highest BCUT2D eigenvalue weighted by Gasteiger charge is 2.29. The van der Waals surface area contributed by atoms with Crippen molar-refractivity contribution in [2.75, 3.05) is 19.0 Å². The average Bonchev–Trinajstić information content (AvgIpc) is 3.27. The van der Waals surface area contributed by atoms with Gasteiger partial charge in [0.2, 0.25) is 0 Å². The van der Waals surface area contributed by atoms with Crippen molar-refractivity contribution in [2.24, 2.45) is 5.84 Å². The number of nitrogens with two attached hydrogens (primary N) is 1. The van der Waals surface area contributed by atoms with Gasteiger partial charge in [-0.3, -0.25) is 15.5 Å². The van der Waals surface area contributed by atoms with Crippen LogP contribution in [0.15, 0.2) is 18.2 Å². The monoisotopic (exact) mass is 276 g/mol. The maximum atomic E-state index is 12.2. The second-order valence-corrected chi connectivity index (χ2v) is 5.63. The molecule has 0 aliphatic heterocycles. The summed E-state index contributed by atoms with van der Waals surface area (Å²) in [4.78, 5) is 14.5. The van der Waals surface area contributed by atoms with Crippen LogP contribution in [0, 0.1) is 6.92 Å². The molecule has 110 valence electrons. The molecule has 5 nitrogen and oxygen atoms in total. The van der Waals surface area contributed by atoms with Crippen molar-refractivity contribution in [2.45, 2.75) is 38.8 Å². The highest BCUT2D eigenvalue weighted by atomic mass is 16.1. The lowest BCUT2D eigenvalue weighted by Crippen LogP contribution is -2.41. The summed E-state index contributed by atoms with van der Waals surface area (Å²) in [6.45, 7) is 4.73. The molecule has 4 N–H and O–H groups in total. The Morgan fingerprint density at radius 1 is 1.50 bits per heavy atom. The smallest absolute Gasteiger partial charge is 0.251 e. The Kier molecular flexibility index (Phi) is 4.62. The zero-order valence-corrected chi connectivity index (χ0v) is 12.4. The van der Waals surface area contributed by atoms with Gasteiger partial charge in [-0.05, 0) is 57.5 Å². The molecule has 0 spiro atoms. The molecule has 5 heteroatoms. The number of benzene rings is 1. The first kappa shape index (κ1) is 14.8. The summed E-state index contributed by atoms with van der Waals surface area (Å²) in [5.74, 6) is 5.33. The molecule has 0 heterocycles. The summed E-state index contributed by atoms with van der Waals surface area (Å²) in [5.41, 5.74) is 5.00. The van der Waals surface area contributed by atoms with E-state index in [4.69, 9.17) is 5.84 Å². The Morgan fingerprint density at radius 2 is 2.20 bits per heavy atom. The van der Waals surface area contributed by atoms with Crippen LogP contribution in [-0.4, -0.2) is 36.5 Å². The molecule has 1 aliphatic rings. The van der Waals surface area contributed by atoms with Crippen LogP contribution in [0.5, 0.6) is 0 Å². The van der Waals surface area contributed by atoms with E-state index in [1.54, 1.807) is 6.07 Å². The highest BCUT2D eigenvalue weighted by molar-refractivity contribution is 5.96. The molecular weight excluding hydrogens is 252 g/mol. The Labute approximate surface area is 120 Å². The van der Waals surface area contributed by atoms with Gasteiger partial charge in [-0.25, -0.2) is 0 Å². The van der Waals surface area contributed by atoms with Crippen molar-refractivity contribution in [3.05, 3.63) is 29.3 Å². The van der Waals surface area contributed by atoms with Crippen LogP contribution in [0.1, 0.15) is 35.7 Å². The molecule has 1 aliphatic carbocycles. The number of nitrogens with one attached hydrogen (secondary N) is 2. The first-order chi connectivity index (χ1) is 9.52. The van der Waals surface area contributed by atoms with E-state index < -0.39 is 0 Å². The van der Waals surface area contributed by atoms with E-state index in [2.05, 4.69) is 29.6 Å². The number of aryl methyl sites for hydroxylation is 1. The predicted octanol–water partition coefficient (Wildman–Crippen LogP) is 1.49. The van der Waals surface area contributed by atoms with E-state index in [9.17, 15) is 4.79 Å². The molecule has 1 amide bonds. The third-order valence-corrected chi connectivity index (χ3v) is 4.01. The zero-order valence-electron chi connectivity index (χ0n) is 12.4. The maximum absolute atomic E-state index is 12.2. The van der Waals surface area contributed by atoms with Crippen LogP contribution in [0.3, 0.4) is 0 Å². The van der Waals surface area contributed by atoms with Gasteiger partial charge in [0.25, 0.3) is 5.91 Å². The average molecular weight is 276 g/mol. The van der Waals surface area contributed by atoms with Crippen LogP contribution >= 0.6 is 0 Å². The van der Waals surface area contributed by atoms with Crippen LogP contribution in [0.25, 0.3) is 0 Å². The minimum Gasteiger partial charge on any atom is -0.350 e. The number of hydrogen-bond acceptors (Lipinski definition) is 4. The number of likely N-dealkylation sites (N-methyl/N-ethyl adjacent to an activating group) is 1. The fourth-order valence-electron chi connectivity index (χ4n) is 2.33. The molecule has 1 aromatic rings. The number of nitrogens with zero attached hydrogens (tertiary/aromatic N) is 1. The van der Waals surface area contributed by atoms with Crippen molar-refractivity contribution in [3.63, 3.8) is 0 Å². The number of carbonyl (C=O) groups is 1. The number of carbonyl (C=O) groups excluding carboxylic acids is 1. The quantitative estimate of drug-likeness (QED) is 0.544. The first-order valence-corrected chi connectivity index (χ1v) is 7.10. The largest absolute Gasteiger partial charge is 0.350 e. The van der Waals surface area contributed by atoms with E-state index >= 15 is 0 Å². The summed E-state index contributed by atoms with van der Waals surface area (Å²) < 4.78 is 0.